The second-order valence-electron chi connectivity index (χ2n) is 9.10. The quantitative estimate of drug-likeness (QED) is 0.101. The van der Waals surface area contributed by atoms with Crippen LogP contribution in [0.1, 0.15) is 22.3 Å². The minimum absolute atomic E-state index is 0.329. The maximum absolute atomic E-state index is 14.7. The molecular formula is C35H31FO6. The van der Waals surface area contributed by atoms with Crippen LogP contribution < -0.4 is 18.9 Å². The highest BCUT2D eigenvalue weighted by Crippen LogP contribution is 2.31. The van der Waals surface area contributed by atoms with Crippen molar-refractivity contribution in [3.05, 3.63) is 143 Å². The summed E-state index contributed by atoms with van der Waals surface area (Å²) in [6.07, 6.45) is 5.08. The SMILES string of the molecule is COc1ccc(/C=C/C(=O)/C(F)=C(O)/C=C/c2ccc(OC)c(OCc3ccccc3)c2)cc1OCc1ccccc1. The van der Waals surface area contributed by atoms with E-state index in [1.54, 1.807) is 36.4 Å². The van der Waals surface area contributed by atoms with Gasteiger partial charge in [0.15, 0.2) is 28.8 Å². The molecule has 4 rings (SSSR count). The number of hydrogen-bond donors (Lipinski definition) is 1. The number of carbonyl (C=O) groups is 1. The summed E-state index contributed by atoms with van der Waals surface area (Å²) < 4.78 is 37.2. The van der Waals surface area contributed by atoms with Crippen molar-refractivity contribution in [3.8, 4) is 23.0 Å². The fourth-order valence-corrected chi connectivity index (χ4v) is 3.91. The largest absolute Gasteiger partial charge is 0.505 e. The molecule has 214 valence electrons. The first-order chi connectivity index (χ1) is 20.5. The normalized spacial score (nSPS) is 11.8. The third-order valence-electron chi connectivity index (χ3n) is 6.15. The summed E-state index contributed by atoms with van der Waals surface area (Å²) in [6.45, 7) is 0.662. The lowest BCUT2D eigenvalue weighted by Crippen LogP contribution is -1.99. The second-order valence-corrected chi connectivity index (χ2v) is 9.10. The topological polar surface area (TPSA) is 74.2 Å². The molecule has 1 N–H and O–H groups in total. The first-order valence-electron chi connectivity index (χ1n) is 13.2. The summed E-state index contributed by atoms with van der Waals surface area (Å²) >= 11 is 0. The minimum Gasteiger partial charge on any atom is -0.505 e. The molecule has 4 aromatic carbocycles. The van der Waals surface area contributed by atoms with Crippen LogP contribution >= 0.6 is 0 Å². The molecule has 0 fully saturated rings. The molecule has 0 saturated heterocycles. The number of ketones is 1. The Morgan fingerprint density at radius 1 is 0.667 bits per heavy atom. The van der Waals surface area contributed by atoms with Crippen molar-refractivity contribution < 1.29 is 33.2 Å². The van der Waals surface area contributed by atoms with Crippen molar-refractivity contribution in [1.29, 1.82) is 0 Å². The molecule has 42 heavy (non-hydrogen) atoms. The number of halogens is 1. The first-order valence-corrected chi connectivity index (χ1v) is 13.2. The zero-order chi connectivity index (χ0) is 29.7. The number of hydrogen-bond acceptors (Lipinski definition) is 6. The van der Waals surface area contributed by atoms with E-state index >= 15 is 0 Å². The Morgan fingerprint density at radius 3 is 1.57 bits per heavy atom. The fraction of sp³-hybridized carbons (Fsp3) is 0.114. The highest BCUT2D eigenvalue weighted by Gasteiger charge is 2.12. The summed E-state index contributed by atoms with van der Waals surface area (Å²) in [6, 6.07) is 29.5. The zero-order valence-corrected chi connectivity index (χ0v) is 23.3. The van der Waals surface area contributed by atoms with Crippen LogP contribution in [0, 0.1) is 0 Å². The van der Waals surface area contributed by atoms with Crippen LogP contribution in [-0.4, -0.2) is 25.1 Å². The lowest BCUT2D eigenvalue weighted by molar-refractivity contribution is -0.112. The standard InChI is InChI=1S/C35H31FO6/c1-39-31-19-15-25(21-33(31)41-23-27-9-5-3-6-10-27)13-17-29(37)35(36)30(38)18-14-26-16-20-32(40-2)34(22-26)42-24-28-11-7-4-8-12-28/h3-22,37H,23-24H2,1-2H3/b17-13+,18-14+,35-29+. The number of allylic oxidation sites excluding steroid dienone is 3. The van der Waals surface area contributed by atoms with Crippen molar-refractivity contribution in [2.45, 2.75) is 13.2 Å². The highest BCUT2D eigenvalue weighted by molar-refractivity contribution is 6.05. The zero-order valence-electron chi connectivity index (χ0n) is 23.3. The molecule has 0 radical (unpaired) electrons. The molecule has 0 aliphatic carbocycles. The summed E-state index contributed by atoms with van der Waals surface area (Å²) in [7, 11) is 3.07. The van der Waals surface area contributed by atoms with E-state index in [1.165, 1.54) is 26.4 Å². The van der Waals surface area contributed by atoms with Gasteiger partial charge in [-0.25, -0.2) is 0 Å². The molecule has 0 saturated carbocycles. The lowest BCUT2D eigenvalue weighted by atomic mass is 10.1. The average molecular weight is 567 g/mol. The first kappa shape index (κ1) is 29.7. The van der Waals surface area contributed by atoms with Crippen LogP contribution in [0.15, 0.2) is 121 Å². The van der Waals surface area contributed by atoms with Crippen molar-refractivity contribution in [2.24, 2.45) is 0 Å². The molecule has 0 aromatic heterocycles. The van der Waals surface area contributed by atoms with Gasteiger partial charge in [-0.2, -0.15) is 4.39 Å². The van der Waals surface area contributed by atoms with Gasteiger partial charge in [-0.1, -0.05) is 84.9 Å². The van der Waals surface area contributed by atoms with Crippen molar-refractivity contribution >= 4 is 17.9 Å². The van der Waals surface area contributed by atoms with Crippen LogP contribution in [-0.2, 0) is 18.0 Å². The van der Waals surface area contributed by atoms with Gasteiger partial charge >= 0.3 is 0 Å². The molecule has 6 nitrogen and oxygen atoms in total. The molecule has 0 unspecified atom stereocenters. The molecule has 0 atom stereocenters. The fourth-order valence-electron chi connectivity index (χ4n) is 3.91. The molecule has 0 heterocycles. The van der Waals surface area contributed by atoms with Crippen molar-refractivity contribution in [2.75, 3.05) is 14.2 Å². The Bertz CT molecular complexity index is 1580. The van der Waals surface area contributed by atoms with Gasteiger partial charge in [-0.05, 0) is 58.7 Å². The molecule has 4 aromatic rings. The second kappa shape index (κ2) is 14.9. The van der Waals surface area contributed by atoms with E-state index in [4.69, 9.17) is 18.9 Å². The predicted octanol–water partition coefficient (Wildman–Crippen LogP) is 7.90. The molecular weight excluding hydrogens is 535 g/mol. The summed E-state index contributed by atoms with van der Waals surface area (Å²) in [5.74, 6) is -1.06. The third kappa shape index (κ3) is 8.35. The Hall–Kier alpha value is -5.30. The predicted molar refractivity (Wildman–Crippen MR) is 161 cm³/mol. The lowest BCUT2D eigenvalue weighted by Gasteiger charge is -2.11. The van der Waals surface area contributed by atoms with Gasteiger partial charge in [0.2, 0.25) is 11.6 Å². The van der Waals surface area contributed by atoms with Gasteiger partial charge in [0.05, 0.1) is 14.2 Å². The molecule has 0 amide bonds. The summed E-state index contributed by atoms with van der Waals surface area (Å²) in [4.78, 5) is 12.4. The van der Waals surface area contributed by atoms with E-state index in [-0.39, 0.29) is 0 Å². The number of ether oxygens (including phenoxy) is 4. The monoisotopic (exact) mass is 566 g/mol. The van der Waals surface area contributed by atoms with Crippen molar-refractivity contribution in [3.63, 3.8) is 0 Å². The van der Waals surface area contributed by atoms with E-state index in [1.807, 2.05) is 60.7 Å². The molecule has 7 heteroatoms. The number of methoxy groups -OCH3 is 2. The Kier molecular flexibility index (Phi) is 10.5. The number of benzene rings is 4. The van der Waals surface area contributed by atoms with Crippen LogP contribution in [0.25, 0.3) is 12.2 Å². The third-order valence-corrected chi connectivity index (χ3v) is 6.15. The number of aliphatic hydroxyl groups is 1. The maximum atomic E-state index is 14.7. The number of rotatable bonds is 13. The summed E-state index contributed by atoms with van der Waals surface area (Å²) in [5.41, 5.74) is 3.18. The van der Waals surface area contributed by atoms with Crippen LogP contribution in [0.2, 0.25) is 0 Å². The van der Waals surface area contributed by atoms with E-state index in [0.29, 0.717) is 47.3 Å². The van der Waals surface area contributed by atoms with E-state index in [9.17, 15) is 14.3 Å². The average Bonchev–Trinajstić information content (AvgIpc) is 3.04. The van der Waals surface area contributed by atoms with Crippen LogP contribution in [0.3, 0.4) is 0 Å². The van der Waals surface area contributed by atoms with Gasteiger partial charge in [-0.3, -0.25) is 4.79 Å². The van der Waals surface area contributed by atoms with Crippen LogP contribution in [0.4, 0.5) is 4.39 Å². The van der Waals surface area contributed by atoms with E-state index in [2.05, 4.69) is 0 Å². The smallest absolute Gasteiger partial charge is 0.218 e. The van der Waals surface area contributed by atoms with Crippen LogP contribution in [0.5, 0.6) is 23.0 Å². The van der Waals surface area contributed by atoms with E-state index < -0.39 is 17.4 Å². The Morgan fingerprint density at radius 2 is 1.12 bits per heavy atom. The van der Waals surface area contributed by atoms with Gasteiger partial charge in [0, 0.05) is 0 Å². The molecule has 0 spiro atoms. The van der Waals surface area contributed by atoms with Gasteiger partial charge < -0.3 is 24.1 Å². The minimum atomic E-state index is -1.29. The summed E-state index contributed by atoms with van der Waals surface area (Å²) in [5, 5.41) is 10.2. The molecule has 0 aliphatic heterocycles. The van der Waals surface area contributed by atoms with Gasteiger partial charge in [-0.15, -0.1) is 0 Å². The number of aliphatic hydroxyl groups excluding tert-OH is 1. The Labute approximate surface area is 244 Å². The maximum Gasteiger partial charge on any atom is 0.218 e. The Balaban J connectivity index is 1.42. The molecule has 0 bridgehead atoms. The van der Waals surface area contributed by atoms with Crippen molar-refractivity contribution in [1.82, 2.24) is 0 Å². The van der Waals surface area contributed by atoms with Gasteiger partial charge in [0.25, 0.3) is 0 Å². The molecule has 0 aliphatic rings. The highest BCUT2D eigenvalue weighted by atomic mass is 19.1. The van der Waals surface area contributed by atoms with E-state index in [0.717, 1.165) is 23.3 Å². The number of carbonyl (C=O) groups excluding carboxylic acids is 1. The van der Waals surface area contributed by atoms with Gasteiger partial charge in [0.1, 0.15) is 13.2 Å².